The van der Waals surface area contributed by atoms with E-state index >= 15 is 0 Å². The number of oxazole rings is 1. The minimum atomic E-state index is -0.360. The zero-order valence-electron chi connectivity index (χ0n) is 14.5. The van der Waals surface area contributed by atoms with Gasteiger partial charge in [-0.1, -0.05) is 6.07 Å². The molecule has 1 N–H and O–H groups in total. The third-order valence-electron chi connectivity index (χ3n) is 4.45. The minimum absolute atomic E-state index is 0.123. The van der Waals surface area contributed by atoms with Gasteiger partial charge in [0.1, 0.15) is 11.6 Å². The maximum Gasteiger partial charge on any atom is 0.241 e. The molecule has 3 rings (SSSR count). The van der Waals surface area contributed by atoms with Gasteiger partial charge in [0.15, 0.2) is 0 Å². The first kappa shape index (κ1) is 17.6. The molecule has 1 aromatic heterocycles. The van der Waals surface area contributed by atoms with Crippen LogP contribution < -0.4 is 5.32 Å². The van der Waals surface area contributed by atoms with Crippen molar-refractivity contribution in [2.24, 2.45) is 0 Å². The summed E-state index contributed by atoms with van der Waals surface area (Å²) in [4.78, 5) is 21.0. The number of aryl methyl sites for hydroxylation is 1. The van der Waals surface area contributed by atoms with Gasteiger partial charge in [0.05, 0.1) is 18.8 Å². The molecular formula is C18H23FN4O2. The highest BCUT2D eigenvalue weighted by Crippen LogP contribution is 2.14. The van der Waals surface area contributed by atoms with Gasteiger partial charge in [-0.3, -0.25) is 14.6 Å². The SMILES string of the molecule is Cc1cnc(CN2CCN([C@H](C)C(=O)Nc3cccc(F)c3)CC2)o1. The molecule has 1 aliphatic heterocycles. The van der Waals surface area contributed by atoms with Crippen LogP contribution in [-0.4, -0.2) is 52.9 Å². The van der Waals surface area contributed by atoms with Crippen LogP contribution in [0.5, 0.6) is 0 Å². The number of anilines is 1. The number of halogens is 1. The van der Waals surface area contributed by atoms with Crippen molar-refractivity contribution < 1.29 is 13.6 Å². The van der Waals surface area contributed by atoms with Crippen LogP contribution in [0.1, 0.15) is 18.6 Å². The smallest absolute Gasteiger partial charge is 0.241 e. The number of aromatic nitrogens is 1. The van der Waals surface area contributed by atoms with E-state index in [2.05, 4.69) is 20.1 Å². The molecule has 0 spiro atoms. The summed E-state index contributed by atoms with van der Waals surface area (Å²) in [6.45, 7) is 7.72. The van der Waals surface area contributed by atoms with Crippen molar-refractivity contribution >= 4 is 11.6 Å². The molecule has 134 valence electrons. The average Bonchev–Trinajstić information content (AvgIpc) is 3.00. The number of nitrogens with zero attached hydrogens (tertiary/aromatic N) is 3. The monoisotopic (exact) mass is 346 g/mol. The van der Waals surface area contributed by atoms with Gasteiger partial charge in [-0.05, 0) is 32.0 Å². The lowest BCUT2D eigenvalue weighted by Crippen LogP contribution is -2.52. The molecule has 2 aromatic rings. The highest BCUT2D eigenvalue weighted by atomic mass is 19.1. The van der Waals surface area contributed by atoms with Crippen molar-refractivity contribution in [1.29, 1.82) is 0 Å². The van der Waals surface area contributed by atoms with Gasteiger partial charge >= 0.3 is 0 Å². The predicted octanol–water partition coefficient (Wildman–Crippen LogP) is 2.27. The standard InChI is InChI=1S/C18H23FN4O2/c1-13-11-20-17(25-13)12-22-6-8-23(9-7-22)14(2)18(24)21-16-5-3-4-15(19)10-16/h3-5,10-11,14H,6-9,12H2,1-2H3,(H,21,24)/t14-/m1/s1. The number of amides is 1. The molecule has 1 atom stereocenters. The lowest BCUT2D eigenvalue weighted by atomic mass is 10.2. The summed E-state index contributed by atoms with van der Waals surface area (Å²) in [5, 5.41) is 2.77. The molecule has 0 aliphatic carbocycles. The summed E-state index contributed by atoms with van der Waals surface area (Å²) < 4.78 is 18.7. The Morgan fingerprint density at radius 3 is 2.76 bits per heavy atom. The number of hydrogen-bond acceptors (Lipinski definition) is 5. The number of hydrogen-bond donors (Lipinski definition) is 1. The van der Waals surface area contributed by atoms with Gasteiger partial charge in [-0.2, -0.15) is 0 Å². The third-order valence-corrected chi connectivity index (χ3v) is 4.45. The summed E-state index contributed by atoms with van der Waals surface area (Å²) in [6.07, 6.45) is 1.73. The van der Waals surface area contributed by atoms with Crippen molar-refractivity contribution in [2.45, 2.75) is 26.4 Å². The highest BCUT2D eigenvalue weighted by Gasteiger charge is 2.26. The van der Waals surface area contributed by atoms with E-state index in [9.17, 15) is 9.18 Å². The lowest BCUT2D eigenvalue weighted by Gasteiger charge is -2.36. The molecule has 0 bridgehead atoms. The molecule has 1 aromatic carbocycles. The quantitative estimate of drug-likeness (QED) is 0.900. The topological polar surface area (TPSA) is 61.6 Å². The lowest BCUT2D eigenvalue weighted by molar-refractivity contribution is -0.121. The molecule has 1 fully saturated rings. The van der Waals surface area contributed by atoms with Crippen LogP contribution >= 0.6 is 0 Å². The van der Waals surface area contributed by atoms with Crippen molar-refractivity contribution in [3.8, 4) is 0 Å². The van der Waals surface area contributed by atoms with E-state index < -0.39 is 0 Å². The Balaban J connectivity index is 1.49. The predicted molar refractivity (Wildman–Crippen MR) is 92.6 cm³/mol. The Bertz CT molecular complexity index is 725. The normalized spacial score (nSPS) is 17.4. The van der Waals surface area contributed by atoms with E-state index in [1.807, 2.05) is 13.8 Å². The molecule has 1 aliphatic rings. The molecule has 2 heterocycles. The number of piperazine rings is 1. The van der Waals surface area contributed by atoms with E-state index in [1.54, 1.807) is 18.3 Å². The second-order valence-electron chi connectivity index (χ2n) is 6.35. The van der Waals surface area contributed by atoms with E-state index in [0.717, 1.165) is 37.8 Å². The Morgan fingerprint density at radius 2 is 2.12 bits per heavy atom. The first-order valence-electron chi connectivity index (χ1n) is 8.45. The summed E-state index contributed by atoms with van der Waals surface area (Å²) in [7, 11) is 0. The van der Waals surface area contributed by atoms with Crippen molar-refractivity contribution in [2.75, 3.05) is 31.5 Å². The first-order chi connectivity index (χ1) is 12.0. The van der Waals surface area contributed by atoms with E-state index in [-0.39, 0.29) is 17.8 Å². The van der Waals surface area contributed by atoms with Gasteiger partial charge < -0.3 is 9.73 Å². The zero-order valence-corrected chi connectivity index (χ0v) is 14.5. The Kier molecular flexibility index (Phi) is 5.45. The Hall–Kier alpha value is -2.25. The van der Waals surface area contributed by atoms with Crippen molar-refractivity contribution in [3.05, 3.63) is 47.9 Å². The minimum Gasteiger partial charge on any atom is -0.445 e. The van der Waals surface area contributed by atoms with Crippen LogP contribution in [0.25, 0.3) is 0 Å². The van der Waals surface area contributed by atoms with Crippen molar-refractivity contribution in [3.63, 3.8) is 0 Å². The molecule has 0 saturated carbocycles. The third kappa shape index (κ3) is 4.64. The fourth-order valence-corrected chi connectivity index (χ4v) is 2.95. The number of nitrogens with one attached hydrogen (secondary N) is 1. The zero-order chi connectivity index (χ0) is 17.8. The van der Waals surface area contributed by atoms with Gasteiger partial charge in [0.25, 0.3) is 0 Å². The van der Waals surface area contributed by atoms with Gasteiger partial charge in [-0.15, -0.1) is 0 Å². The largest absolute Gasteiger partial charge is 0.445 e. The molecule has 1 amide bonds. The molecule has 6 nitrogen and oxygen atoms in total. The maximum atomic E-state index is 13.2. The fraction of sp³-hybridized carbons (Fsp3) is 0.444. The summed E-state index contributed by atoms with van der Waals surface area (Å²) >= 11 is 0. The van der Waals surface area contributed by atoms with Gasteiger partial charge in [-0.25, -0.2) is 9.37 Å². The average molecular weight is 346 g/mol. The van der Waals surface area contributed by atoms with Gasteiger partial charge in [0.2, 0.25) is 11.8 Å². The molecule has 0 radical (unpaired) electrons. The number of rotatable bonds is 5. The van der Waals surface area contributed by atoms with Gasteiger partial charge in [0, 0.05) is 31.9 Å². The summed E-state index contributed by atoms with van der Waals surface area (Å²) in [5.41, 5.74) is 0.481. The van der Waals surface area contributed by atoms with Crippen LogP contribution in [0, 0.1) is 12.7 Å². The number of carbonyl (C=O) groups is 1. The van der Waals surface area contributed by atoms with Crippen LogP contribution in [0.4, 0.5) is 10.1 Å². The van der Waals surface area contributed by atoms with Crippen LogP contribution in [-0.2, 0) is 11.3 Å². The molecule has 25 heavy (non-hydrogen) atoms. The highest BCUT2D eigenvalue weighted by molar-refractivity contribution is 5.94. The second kappa shape index (κ2) is 7.76. The van der Waals surface area contributed by atoms with Crippen molar-refractivity contribution in [1.82, 2.24) is 14.8 Å². The molecule has 1 saturated heterocycles. The fourth-order valence-electron chi connectivity index (χ4n) is 2.95. The maximum absolute atomic E-state index is 13.2. The molecule has 0 unspecified atom stereocenters. The second-order valence-corrected chi connectivity index (χ2v) is 6.35. The molecular weight excluding hydrogens is 323 g/mol. The Labute approximate surface area is 146 Å². The molecule has 7 heteroatoms. The summed E-state index contributed by atoms with van der Waals surface area (Å²) in [6, 6.07) is 5.67. The van der Waals surface area contributed by atoms with Crippen LogP contribution in [0.15, 0.2) is 34.9 Å². The van der Waals surface area contributed by atoms with E-state index in [4.69, 9.17) is 4.42 Å². The van der Waals surface area contributed by atoms with E-state index in [1.165, 1.54) is 12.1 Å². The Morgan fingerprint density at radius 1 is 1.36 bits per heavy atom. The number of benzene rings is 1. The summed E-state index contributed by atoms with van der Waals surface area (Å²) in [5.74, 6) is 1.06. The first-order valence-corrected chi connectivity index (χ1v) is 8.45. The van der Waals surface area contributed by atoms with E-state index in [0.29, 0.717) is 12.2 Å². The number of carbonyl (C=O) groups excluding carboxylic acids is 1. The van der Waals surface area contributed by atoms with Crippen LogP contribution in [0.3, 0.4) is 0 Å². The van der Waals surface area contributed by atoms with Crippen LogP contribution in [0.2, 0.25) is 0 Å².